The van der Waals surface area contributed by atoms with Gasteiger partial charge in [0.05, 0.1) is 17.9 Å². The Morgan fingerprint density at radius 1 is 0.946 bits per heavy atom. The van der Waals surface area contributed by atoms with Gasteiger partial charge in [0, 0.05) is 6.08 Å². The van der Waals surface area contributed by atoms with Crippen molar-refractivity contribution in [1.29, 1.82) is 0 Å². The SMILES string of the molecule is C=CC(=O)OCCNC(=O)OCCOC(=O)C(C)(C)CC.C=Cc1ccc(COC(=O)C(C)CC)cc1. The topological polar surface area (TPSA) is 117 Å². The Morgan fingerprint density at radius 2 is 1.57 bits per heavy atom. The first-order valence-corrected chi connectivity index (χ1v) is 12.3. The summed E-state index contributed by atoms with van der Waals surface area (Å²) in [4.78, 5) is 45.0. The second-order valence-corrected chi connectivity index (χ2v) is 8.67. The van der Waals surface area contributed by atoms with Crippen molar-refractivity contribution in [3.05, 3.63) is 54.6 Å². The van der Waals surface area contributed by atoms with Crippen LogP contribution in [0, 0.1) is 11.3 Å². The van der Waals surface area contributed by atoms with E-state index in [1.807, 2.05) is 45.0 Å². The van der Waals surface area contributed by atoms with Gasteiger partial charge in [-0.2, -0.15) is 0 Å². The van der Waals surface area contributed by atoms with E-state index in [2.05, 4.69) is 23.2 Å². The Kier molecular flexibility index (Phi) is 16.8. The normalized spacial score (nSPS) is 11.1. The highest BCUT2D eigenvalue weighted by atomic mass is 16.6. The van der Waals surface area contributed by atoms with E-state index in [0.717, 1.165) is 23.6 Å². The lowest BCUT2D eigenvalue weighted by atomic mass is 9.91. The Morgan fingerprint density at radius 3 is 2.11 bits per heavy atom. The largest absolute Gasteiger partial charge is 0.462 e. The summed E-state index contributed by atoms with van der Waals surface area (Å²) in [5, 5.41) is 2.38. The van der Waals surface area contributed by atoms with E-state index >= 15 is 0 Å². The number of esters is 3. The lowest BCUT2D eigenvalue weighted by Gasteiger charge is -2.20. The van der Waals surface area contributed by atoms with Gasteiger partial charge < -0.3 is 24.3 Å². The molecule has 0 bridgehead atoms. The number of benzene rings is 1. The van der Waals surface area contributed by atoms with Crippen molar-refractivity contribution >= 4 is 30.1 Å². The van der Waals surface area contributed by atoms with Crippen molar-refractivity contribution in [1.82, 2.24) is 5.32 Å². The highest BCUT2D eigenvalue weighted by Crippen LogP contribution is 2.21. The number of amides is 1. The molecule has 0 saturated carbocycles. The second kappa shape index (κ2) is 18.6. The highest BCUT2D eigenvalue weighted by molar-refractivity contribution is 5.81. The van der Waals surface area contributed by atoms with Crippen LogP contribution in [-0.4, -0.2) is 50.4 Å². The minimum atomic E-state index is -0.671. The molecule has 1 unspecified atom stereocenters. The van der Waals surface area contributed by atoms with Crippen LogP contribution in [0.15, 0.2) is 43.5 Å². The molecular weight excluding hydrogens is 478 g/mol. The molecule has 37 heavy (non-hydrogen) atoms. The summed E-state index contributed by atoms with van der Waals surface area (Å²) in [5.41, 5.74) is 1.52. The molecule has 1 atom stereocenters. The van der Waals surface area contributed by atoms with Gasteiger partial charge in [-0.05, 0) is 37.8 Å². The minimum absolute atomic E-state index is 0.00112. The van der Waals surface area contributed by atoms with Crippen molar-refractivity contribution in [3.8, 4) is 0 Å². The van der Waals surface area contributed by atoms with E-state index in [1.54, 1.807) is 19.9 Å². The smallest absolute Gasteiger partial charge is 0.407 e. The molecule has 0 aromatic heterocycles. The molecule has 0 radical (unpaired) electrons. The number of hydrogen-bond donors (Lipinski definition) is 1. The van der Waals surface area contributed by atoms with Gasteiger partial charge in [-0.25, -0.2) is 9.59 Å². The molecule has 0 fully saturated rings. The zero-order chi connectivity index (χ0) is 28.3. The number of ether oxygens (including phenoxy) is 4. The fraction of sp³-hybridized carbons (Fsp3) is 0.500. The molecule has 206 valence electrons. The van der Waals surface area contributed by atoms with Crippen molar-refractivity contribution < 1.29 is 38.1 Å². The molecule has 1 N–H and O–H groups in total. The van der Waals surface area contributed by atoms with Crippen LogP contribution in [0.1, 0.15) is 58.6 Å². The first-order chi connectivity index (χ1) is 17.5. The molecule has 1 amide bonds. The molecule has 1 rings (SSSR count). The zero-order valence-electron chi connectivity index (χ0n) is 22.7. The number of nitrogens with one attached hydrogen (secondary N) is 1. The predicted molar refractivity (Wildman–Crippen MR) is 141 cm³/mol. The number of alkyl carbamates (subject to hydrolysis) is 1. The maximum Gasteiger partial charge on any atom is 0.407 e. The Balaban J connectivity index is 0.000000724. The van der Waals surface area contributed by atoms with E-state index in [9.17, 15) is 19.2 Å². The first-order valence-electron chi connectivity index (χ1n) is 12.3. The molecule has 0 aliphatic heterocycles. The van der Waals surface area contributed by atoms with Crippen molar-refractivity contribution in [3.63, 3.8) is 0 Å². The van der Waals surface area contributed by atoms with E-state index in [0.29, 0.717) is 13.0 Å². The van der Waals surface area contributed by atoms with Crippen LogP contribution >= 0.6 is 0 Å². The first kappa shape index (κ1) is 33.4. The number of carbonyl (C=O) groups is 4. The number of hydrogen-bond acceptors (Lipinski definition) is 8. The molecule has 0 saturated heterocycles. The monoisotopic (exact) mass is 519 g/mol. The molecule has 0 heterocycles. The van der Waals surface area contributed by atoms with Gasteiger partial charge in [-0.3, -0.25) is 9.59 Å². The Hall–Kier alpha value is -3.62. The van der Waals surface area contributed by atoms with Crippen LogP contribution in [0.4, 0.5) is 4.79 Å². The van der Waals surface area contributed by atoms with Gasteiger partial charge in [0.1, 0.15) is 26.4 Å². The average Bonchev–Trinajstić information content (AvgIpc) is 2.91. The molecule has 0 aliphatic rings. The molecule has 0 spiro atoms. The third-order valence-electron chi connectivity index (χ3n) is 5.38. The van der Waals surface area contributed by atoms with E-state index in [-0.39, 0.29) is 44.2 Å². The average molecular weight is 520 g/mol. The van der Waals surface area contributed by atoms with Crippen LogP contribution in [0.2, 0.25) is 0 Å². The van der Waals surface area contributed by atoms with Gasteiger partial charge in [-0.15, -0.1) is 0 Å². The van der Waals surface area contributed by atoms with Gasteiger partial charge in [-0.1, -0.05) is 64.3 Å². The van der Waals surface area contributed by atoms with Crippen LogP contribution in [-0.2, 0) is 39.9 Å². The van der Waals surface area contributed by atoms with E-state index < -0.39 is 17.5 Å². The zero-order valence-corrected chi connectivity index (χ0v) is 22.7. The lowest BCUT2D eigenvalue weighted by molar-refractivity contribution is -0.155. The molecular formula is C28H41NO8. The van der Waals surface area contributed by atoms with Crippen LogP contribution in [0.25, 0.3) is 6.08 Å². The van der Waals surface area contributed by atoms with Crippen LogP contribution in [0.3, 0.4) is 0 Å². The van der Waals surface area contributed by atoms with Gasteiger partial charge in [0.15, 0.2) is 0 Å². The summed E-state index contributed by atoms with van der Waals surface area (Å²) in [6.07, 6.45) is 3.63. The van der Waals surface area contributed by atoms with Gasteiger partial charge >= 0.3 is 24.0 Å². The summed E-state index contributed by atoms with van der Waals surface area (Å²) in [6, 6.07) is 7.81. The Labute approximate surface area is 220 Å². The Bertz CT molecular complexity index is 877. The van der Waals surface area contributed by atoms with E-state index in [1.165, 1.54) is 0 Å². The summed E-state index contributed by atoms with van der Waals surface area (Å²) in [7, 11) is 0. The quantitative estimate of drug-likeness (QED) is 0.161. The van der Waals surface area contributed by atoms with Gasteiger partial charge in [0.25, 0.3) is 0 Å². The summed E-state index contributed by atoms with van der Waals surface area (Å²) >= 11 is 0. The molecule has 1 aromatic carbocycles. The fourth-order valence-corrected chi connectivity index (χ4v) is 2.24. The summed E-state index contributed by atoms with van der Waals surface area (Å²) in [5.74, 6) is -1.04. The van der Waals surface area contributed by atoms with Crippen molar-refractivity contribution in [2.45, 2.75) is 54.1 Å². The third kappa shape index (κ3) is 15.2. The maximum atomic E-state index is 11.6. The van der Waals surface area contributed by atoms with Crippen LogP contribution < -0.4 is 5.32 Å². The minimum Gasteiger partial charge on any atom is -0.462 e. The maximum absolute atomic E-state index is 11.6. The standard InChI is InChI=1S/C14H23NO6.C14H18O2/c1-5-11(16)19-8-7-15-13(18)21-10-9-20-12(17)14(3,4)6-2;1-4-11(3)14(15)16-10-13-8-6-12(5-2)7-9-13/h5H,1,6-10H2,2-4H3,(H,15,18);5-9,11H,2,4,10H2,1,3H3. The molecule has 9 heteroatoms. The fourth-order valence-electron chi connectivity index (χ4n) is 2.24. The highest BCUT2D eigenvalue weighted by Gasteiger charge is 2.26. The van der Waals surface area contributed by atoms with Crippen LogP contribution in [0.5, 0.6) is 0 Å². The molecule has 9 nitrogen and oxygen atoms in total. The number of rotatable bonds is 14. The summed E-state index contributed by atoms with van der Waals surface area (Å²) in [6.45, 7) is 16.7. The third-order valence-corrected chi connectivity index (χ3v) is 5.38. The van der Waals surface area contributed by atoms with E-state index in [4.69, 9.17) is 14.2 Å². The van der Waals surface area contributed by atoms with Crippen molar-refractivity contribution in [2.75, 3.05) is 26.4 Å². The second-order valence-electron chi connectivity index (χ2n) is 8.67. The predicted octanol–water partition coefficient (Wildman–Crippen LogP) is 4.84. The van der Waals surface area contributed by atoms with Crippen molar-refractivity contribution in [2.24, 2.45) is 11.3 Å². The lowest BCUT2D eigenvalue weighted by Crippen LogP contribution is -2.31. The summed E-state index contributed by atoms with van der Waals surface area (Å²) < 4.78 is 19.6. The number of carbonyl (C=O) groups excluding carboxylic acids is 4. The molecule has 0 aliphatic carbocycles. The molecule has 1 aromatic rings. The van der Waals surface area contributed by atoms with Gasteiger partial charge in [0.2, 0.25) is 0 Å².